The van der Waals surface area contributed by atoms with E-state index in [1.54, 1.807) is 0 Å². The molecule has 0 aliphatic carbocycles. The lowest BCUT2D eigenvalue weighted by Gasteiger charge is -2.28. The molecule has 0 heterocycles. The van der Waals surface area contributed by atoms with E-state index in [0.29, 0.717) is 5.78 Å². The Kier molecular flexibility index (Phi) is 33.8. The minimum Gasteiger partial charge on any atom is -0.303 e. The van der Waals surface area contributed by atoms with E-state index in [1.165, 1.54) is 186 Å². The minimum absolute atomic E-state index is 0.523. The van der Waals surface area contributed by atoms with Crippen LogP contribution in [-0.2, 0) is 4.79 Å². The van der Waals surface area contributed by atoms with Crippen LogP contribution in [0.1, 0.15) is 226 Å². The predicted molar refractivity (Wildman–Crippen MR) is 186 cm³/mol. The molecule has 1 unspecified atom stereocenters. The summed E-state index contributed by atoms with van der Waals surface area (Å²) in [6.45, 7) is 8.19. The molecule has 41 heavy (non-hydrogen) atoms. The molecular formula is C39H79NO. The summed E-state index contributed by atoms with van der Waals surface area (Å²) in [6.07, 6.45) is 42.6. The van der Waals surface area contributed by atoms with Gasteiger partial charge in [0.15, 0.2) is 0 Å². The first kappa shape index (κ1) is 40.6. The van der Waals surface area contributed by atoms with Gasteiger partial charge < -0.3 is 4.90 Å². The molecule has 0 saturated carbocycles. The Bertz CT molecular complexity index is 504. The van der Waals surface area contributed by atoms with Crippen LogP contribution in [0.5, 0.6) is 0 Å². The molecule has 0 aromatic carbocycles. The molecule has 1 atom stereocenters. The van der Waals surface area contributed by atoms with Gasteiger partial charge in [-0.3, -0.25) is 4.79 Å². The third-order valence-corrected chi connectivity index (χ3v) is 9.43. The fraction of sp³-hybridized carbons (Fsp3) is 0.974. The van der Waals surface area contributed by atoms with Gasteiger partial charge in [0, 0.05) is 18.9 Å². The predicted octanol–water partition coefficient (Wildman–Crippen LogP) is 13.4. The van der Waals surface area contributed by atoms with Gasteiger partial charge in [-0.25, -0.2) is 0 Å². The third-order valence-electron chi connectivity index (χ3n) is 9.43. The standard InChI is InChI=1S/C39H79NO/c1-5-8-11-14-17-18-20-25-30-35-39(41)36-31-26-22-21-24-29-34-38(33-28-23-19-15-12-9-6-2)40(4)37-32-27-16-13-10-7-3/h38H,5-37H2,1-4H3. The Morgan fingerprint density at radius 2 is 0.707 bits per heavy atom. The summed E-state index contributed by atoms with van der Waals surface area (Å²) in [5, 5.41) is 0. The number of hydrogen-bond donors (Lipinski definition) is 0. The highest BCUT2D eigenvalue weighted by atomic mass is 16.1. The number of hydrogen-bond acceptors (Lipinski definition) is 2. The van der Waals surface area contributed by atoms with Gasteiger partial charge in [-0.05, 0) is 45.7 Å². The molecule has 2 heteroatoms. The smallest absolute Gasteiger partial charge is 0.132 e. The zero-order chi connectivity index (χ0) is 30.1. The highest BCUT2D eigenvalue weighted by Crippen LogP contribution is 2.19. The fourth-order valence-corrected chi connectivity index (χ4v) is 6.41. The molecular weight excluding hydrogens is 498 g/mol. The van der Waals surface area contributed by atoms with E-state index in [9.17, 15) is 4.79 Å². The zero-order valence-electron chi connectivity index (χ0n) is 29.3. The van der Waals surface area contributed by atoms with E-state index in [2.05, 4.69) is 32.7 Å². The molecule has 0 aliphatic heterocycles. The quantitative estimate of drug-likeness (QED) is 0.0698. The van der Waals surface area contributed by atoms with Gasteiger partial charge in [-0.1, -0.05) is 181 Å². The van der Waals surface area contributed by atoms with Crippen LogP contribution >= 0.6 is 0 Å². The van der Waals surface area contributed by atoms with Crippen LogP contribution in [-0.4, -0.2) is 30.3 Å². The summed E-state index contributed by atoms with van der Waals surface area (Å²) < 4.78 is 0. The molecule has 0 rings (SSSR count). The van der Waals surface area contributed by atoms with Crippen molar-refractivity contribution in [1.82, 2.24) is 4.90 Å². The first-order chi connectivity index (χ1) is 20.2. The van der Waals surface area contributed by atoms with Crippen LogP contribution in [0.3, 0.4) is 0 Å². The third kappa shape index (κ3) is 30.9. The topological polar surface area (TPSA) is 20.3 Å². The maximum atomic E-state index is 12.2. The highest BCUT2D eigenvalue weighted by molar-refractivity contribution is 5.78. The number of Topliss-reactive ketones (excluding diaryl/α,β-unsaturated/α-hetero) is 1. The van der Waals surface area contributed by atoms with E-state index in [4.69, 9.17) is 0 Å². The Labute approximate surface area is 261 Å². The van der Waals surface area contributed by atoms with Gasteiger partial charge in [0.1, 0.15) is 5.78 Å². The number of unbranched alkanes of at least 4 members (excludes halogenated alkanes) is 24. The van der Waals surface area contributed by atoms with Gasteiger partial charge in [-0.15, -0.1) is 0 Å². The van der Waals surface area contributed by atoms with Crippen LogP contribution < -0.4 is 0 Å². The molecule has 0 saturated heterocycles. The average molecular weight is 578 g/mol. The number of carbonyl (C=O) groups is 1. The Morgan fingerprint density at radius 1 is 0.415 bits per heavy atom. The van der Waals surface area contributed by atoms with Gasteiger partial charge in [0.05, 0.1) is 0 Å². The molecule has 0 radical (unpaired) electrons. The molecule has 0 aromatic rings. The monoisotopic (exact) mass is 578 g/mol. The summed E-state index contributed by atoms with van der Waals surface area (Å²) in [5.74, 6) is 0.523. The second-order valence-electron chi connectivity index (χ2n) is 13.6. The fourth-order valence-electron chi connectivity index (χ4n) is 6.41. The molecule has 246 valence electrons. The largest absolute Gasteiger partial charge is 0.303 e. The summed E-state index contributed by atoms with van der Waals surface area (Å²) in [7, 11) is 2.41. The lowest BCUT2D eigenvalue weighted by molar-refractivity contribution is -0.119. The van der Waals surface area contributed by atoms with Crippen molar-refractivity contribution in [3.63, 3.8) is 0 Å². The number of nitrogens with zero attached hydrogens (tertiary/aromatic N) is 1. The SMILES string of the molecule is CCCCCCCCCCCC(=O)CCCCCCCCC(CCCCCCCCC)N(C)CCCCCCCC. The van der Waals surface area contributed by atoms with Crippen molar-refractivity contribution < 1.29 is 4.79 Å². The van der Waals surface area contributed by atoms with Crippen molar-refractivity contribution in [2.75, 3.05) is 13.6 Å². The van der Waals surface area contributed by atoms with E-state index < -0.39 is 0 Å². The number of carbonyl (C=O) groups excluding carboxylic acids is 1. The normalized spacial score (nSPS) is 12.4. The second kappa shape index (κ2) is 34.1. The molecule has 0 amide bonds. The van der Waals surface area contributed by atoms with E-state index in [-0.39, 0.29) is 0 Å². The Hall–Kier alpha value is -0.370. The number of ketones is 1. The summed E-state index contributed by atoms with van der Waals surface area (Å²) in [5.41, 5.74) is 0. The molecule has 0 bridgehead atoms. The van der Waals surface area contributed by atoms with Crippen LogP contribution in [0.4, 0.5) is 0 Å². The van der Waals surface area contributed by atoms with Crippen molar-refractivity contribution in [3.05, 3.63) is 0 Å². The van der Waals surface area contributed by atoms with E-state index in [1.807, 2.05) is 0 Å². The van der Waals surface area contributed by atoms with Crippen LogP contribution in [0.25, 0.3) is 0 Å². The summed E-state index contributed by atoms with van der Waals surface area (Å²) in [4.78, 5) is 15.0. The molecule has 0 aromatic heterocycles. The molecule has 0 N–H and O–H groups in total. The van der Waals surface area contributed by atoms with Gasteiger partial charge in [0.2, 0.25) is 0 Å². The highest BCUT2D eigenvalue weighted by Gasteiger charge is 2.14. The van der Waals surface area contributed by atoms with Crippen molar-refractivity contribution in [3.8, 4) is 0 Å². The lowest BCUT2D eigenvalue weighted by atomic mass is 9.98. The molecule has 2 nitrogen and oxygen atoms in total. The second-order valence-corrected chi connectivity index (χ2v) is 13.6. The van der Waals surface area contributed by atoms with Crippen LogP contribution in [0, 0.1) is 0 Å². The van der Waals surface area contributed by atoms with Gasteiger partial charge >= 0.3 is 0 Å². The van der Waals surface area contributed by atoms with Crippen LogP contribution in [0.15, 0.2) is 0 Å². The summed E-state index contributed by atoms with van der Waals surface area (Å²) in [6, 6.07) is 0.792. The minimum atomic E-state index is 0.523. The van der Waals surface area contributed by atoms with Crippen LogP contribution in [0.2, 0.25) is 0 Å². The zero-order valence-corrected chi connectivity index (χ0v) is 29.3. The molecule has 0 fully saturated rings. The lowest BCUT2D eigenvalue weighted by Crippen LogP contribution is -2.32. The molecule has 0 spiro atoms. The molecule has 0 aliphatic rings. The maximum absolute atomic E-state index is 12.2. The van der Waals surface area contributed by atoms with Gasteiger partial charge in [0.25, 0.3) is 0 Å². The first-order valence-electron chi connectivity index (χ1n) is 19.4. The van der Waals surface area contributed by atoms with Crippen molar-refractivity contribution in [2.24, 2.45) is 0 Å². The summed E-state index contributed by atoms with van der Waals surface area (Å²) >= 11 is 0. The Morgan fingerprint density at radius 3 is 1.07 bits per heavy atom. The Balaban J connectivity index is 3.90. The van der Waals surface area contributed by atoms with E-state index in [0.717, 1.165) is 31.7 Å². The maximum Gasteiger partial charge on any atom is 0.132 e. The number of rotatable bonds is 35. The average Bonchev–Trinajstić information content (AvgIpc) is 2.97. The van der Waals surface area contributed by atoms with Crippen molar-refractivity contribution in [2.45, 2.75) is 232 Å². The van der Waals surface area contributed by atoms with Crippen molar-refractivity contribution in [1.29, 1.82) is 0 Å². The van der Waals surface area contributed by atoms with Crippen molar-refractivity contribution >= 4 is 5.78 Å². The van der Waals surface area contributed by atoms with Gasteiger partial charge in [-0.2, -0.15) is 0 Å². The first-order valence-corrected chi connectivity index (χ1v) is 19.4. The van der Waals surface area contributed by atoms with E-state index >= 15 is 0 Å².